The average Bonchev–Trinajstić information content (AvgIpc) is 2.07. The van der Waals surface area contributed by atoms with Crippen molar-refractivity contribution in [2.45, 2.75) is 19.3 Å². The molecule has 0 bridgehead atoms. The molecule has 0 saturated heterocycles. The second-order valence-electron chi connectivity index (χ2n) is 2.81. The molecule has 64 valence electrons. The van der Waals surface area contributed by atoms with Gasteiger partial charge >= 0.3 is 0 Å². The molecule has 0 spiro atoms. The van der Waals surface area contributed by atoms with E-state index in [0.29, 0.717) is 0 Å². The Labute approximate surface area is 72.7 Å². The zero-order valence-electron chi connectivity index (χ0n) is 7.26. The van der Waals surface area contributed by atoms with Gasteiger partial charge in [-0.05, 0) is 24.1 Å². The largest absolute Gasteiger partial charge is 0.207 e. The Bertz CT molecular complexity index is 265. The summed E-state index contributed by atoms with van der Waals surface area (Å²) in [7, 11) is 0. The second kappa shape index (κ2) is 4.05. The molecule has 1 aromatic rings. The summed E-state index contributed by atoms with van der Waals surface area (Å²) in [5.41, 5.74) is 1.01. The van der Waals surface area contributed by atoms with Crippen LogP contribution in [-0.4, -0.2) is 0 Å². The van der Waals surface area contributed by atoms with E-state index in [4.69, 9.17) is 0 Å². The van der Waals surface area contributed by atoms with E-state index in [-0.39, 0.29) is 11.7 Å². The van der Waals surface area contributed by atoms with Crippen LogP contribution in [0.2, 0.25) is 0 Å². The highest BCUT2D eigenvalue weighted by atomic mass is 19.1. The fourth-order valence-electron chi connectivity index (χ4n) is 1.28. The summed E-state index contributed by atoms with van der Waals surface area (Å²) in [6.45, 7) is 5.78. The summed E-state index contributed by atoms with van der Waals surface area (Å²) in [5, 5.41) is 0. The molecule has 0 N–H and O–H groups in total. The summed E-state index contributed by atoms with van der Waals surface area (Å²) in [4.78, 5) is 0. The number of benzene rings is 1. The number of halogens is 1. The molecule has 1 unspecified atom stereocenters. The lowest BCUT2D eigenvalue weighted by atomic mass is 9.97. The first-order valence-electron chi connectivity index (χ1n) is 4.16. The van der Waals surface area contributed by atoms with Gasteiger partial charge in [-0.3, -0.25) is 0 Å². The molecular weight excluding hydrogens is 151 g/mol. The third-order valence-corrected chi connectivity index (χ3v) is 2.00. The first-order chi connectivity index (χ1) is 5.77. The van der Waals surface area contributed by atoms with Crippen LogP contribution in [0.5, 0.6) is 0 Å². The third-order valence-electron chi connectivity index (χ3n) is 2.00. The minimum Gasteiger partial charge on any atom is -0.207 e. The van der Waals surface area contributed by atoms with Crippen LogP contribution in [0.25, 0.3) is 0 Å². The monoisotopic (exact) mass is 164 g/mol. The minimum absolute atomic E-state index is 0.173. The van der Waals surface area contributed by atoms with Crippen LogP contribution in [0.1, 0.15) is 24.8 Å². The first kappa shape index (κ1) is 8.98. The molecule has 12 heavy (non-hydrogen) atoms. The van der Waals surface area contributed by atoms with Crippen LogP contribution in [0.15, 0.2) is 36.9 Å². The fraction of sp³-hybridized carbons (Fsp3) is 0.273. The highest BCUT2D eigenvalue weighted by Crippen LogP contribution is 2.20. The van der Waals surface area contributed by atoms with Crippen molar-refractivity contribution in [2.75, 3.05) is 0 Å². The maximum atomic E-state index is 12.8. The maximum Gasteiger partial charge on any atom is 0.123 e. The SMILES string of the molecule is C=CC(CC)c1cccc(F)c1. The van der Waals surface area contributed by atoms with Gasteiger partial charge in [0.1, 0.15) is 5.82 Å². The summed E-state index contributed by atoms with van der Waals surface area (Å²) in [6, 6.07) is 6.69. The lowest BCUT2D eigenvalue weighted by Gasteiger charge is -2.09. The molecule has 0 aliphatic rings. The Morgan fingerprint density at radius 3 is 2.83 bits per heavy atom. The van der Waals surface area contributed by atoms with Gasteiger partial charge in [0.05, 0.1) is 0 Å². The van der Waals surface area contributed by atoms with Crippen molar-refractivity contribution in [3.05, 3.63) is 48.3 Å². The molecular formula is C11H13F. The quantitative estimate of drug-likeness (QED) is 0.600. The minimum atomic E-state index is -0.173. The lowest BCUT2D eigenvalue weighted by Crippen LogP contribution is -1.92. The van der Waals surface area contributed by atoms with E-state index in [2.05, 4.69) is 13.5 Å². The van der Waals surface area contributed by atoms with Gasteiger partial charge < -0.3 is 0 Å². The zero-order valence-corrected chi connectivity index (χ0v) is 7.26. The van der Waals surface area contributed by atoms with Gasteiger partial charge in [-0.2, -0.15) is 0 Å². The third kappa shape index (κ3) is 1.94. The van der Waals surface area contributed by atoms with E-state index in [1.54, 1.807) is 12.1 Å². The van der Waals surface area contributed by atoms with Crippen LogP contribution in [0.3, 0.4) is 0 Å². The van der Waals surface area contributed by atoms with E-state index in [1.807, 2.05) is 12.1 Å². The number of allylic oxidation sites excluding steroid dienone is 1. The fourth-order valence-corrected chi connectivity index (χ4v) is 1.28. The summed E-state index contributed by atoms with van der Waals surface area (Å²) < 4.78 is 12.8. The van der Waals surface area contributed by atoms with Gasteiger partial charge in [0.15, 0.2) is 0 Å². The molecule has 1 heteroatoms. The van der Waals surface area contributed by atoms with E-state index >= 15 is 0 Å². The predicted molar refractivity (Wildman–Crippen MR) is 49.6 cm³/mol. The standard InChI is InChI=1S/C11H13F/c1-3-9(4-2)10-6-5-7-11(12)8-10/h3,5-9H,1,4H2,2H3. The highest BCUT2D eigenvalue weighted by Gasteiger charge is 2.04. The van der Waals surface area contributed by atoms with Crippen LogP contribution in [0, 0.1) is 5.82 Å². The topological polar surface area (TPSA) is 0 Å². The second-order valence-corrected chi connectivity index (χ2v) is 2.81. The van der Waals surface area contributed by atoms with Crippen LogP contribution < -0.4 is 0 Å². The van der Waals surface area contributed by atoms with Crippen LogP contribution in [0.4, 0.5) is 4.39 Å². The molecule has 0 fully saturated rings. The normalized spacial score (nSPS) is 12.5. The average molecular weight is 164 g/mol. The van der Waals surface area contributed by atoms with Crippen molar-refractivity contribution in [1.29, 1.82) is 0 Å². The van der Waals surface area contributed by atoms with Crippen molar-refractivity contribution in [1.82, 2.24) is 0 Å². The molecule has 0 heterocycles. The Kier molecular flexibility index (Phi) is 3.03. The molecule has 0 aliphatic carbocycles. The lowest BCUT2D eigenvalue weighted by molar-refractivity contribution is 0.623. The molecule has 0 nitrogen and oxygen atoms in total. The number of hydrogen-bond acceptors (Lipinski definition) is 0. The maximum absolute atomic E-state index is 12.8. The van der Waals surface area contributed by atoms with Crippen molar-refractivity contribution in [2.24, 2.45) is 0 Å². The molecule has 1 aromatic carbocycles. The van der Waals surface area contributed by atoms with E-state index in [1.165, 1.54) is 6.07 Å². The van der Waals surface area contributed by atoms with Gasteiger partial charge in [0.2, 0.25) is 0 Å². The molecule has 0 saturated carbocycles. The van der Waals surface area contributed by atoms with Crippen molar-refractivity contribution in [3.63, 3.8) is 0 Å². The van der Waals surface area contributed by atoms with Gasteiger partial charge in [0, 0.05) is 5.92 Å². The van der Waals surface area contributed by atoms with E-state index in [0.717, 1.165) is 12.0 Å². The summed E-state index contributed by atoms with van der Waals surface area (Å²) in [6.07, 6.45) is 2.82. The van der Waals surface area contributed by atoms with E-state index in [9.17, 15) is 4.39 Å². The molecule has 0 aliphatic heterocycles. The molecule has 1 atom stereocenters. The summed E-state index contributed by atoms with van der Waals surface area (Å²) >= 11 is 0. The highest BCUT2D eigenvalue weighted by molar-refractivity contribution is 5.23. The van der Waals surface area contributed by atoms with Gasteiger partial charge in [-0.25, -0.2) is 4.39 Å². The van der Waals surface area contributed by atoms with Crippen LogP contribution in [-0.2, 0) is 0 Å². The Morgan fingerprint density at radius 1 is 1.58 bits per heavy atom. The Hall–Kier alpha value is -1.11. The Balaban J connectivity index is 2.93. The zero-order chi connectivity index (χ0) is 8.97. The van der Waals surface area contributed by atoms with Gasteiger partial charge in [0.25, 0.3) is 0 Å². The van der Waals surface area contributed by atoms with Crippen molar-refractivity contribution in [3.8, 4) is 0 Å². The number of hydrogen-bond donors (Lipinski definition) is 0. The molecule has 1 rings (SSSR count). The van der Waals surface area contributed by atoms with Gasteiger partial charge in [-0.15, -0.1) is 6.58 Å². The Morgan fingerprint density at radius 2 is 2.33 bits per heavy atom. The first-order valence-corrected chi connectivity index (χ1v) is 4.16. The van der Waals surface area contributed by atoms with Crippen molar-refractivity contribution < 1.29 is 4.39 Å². The molecule has 0 radical (unpaired) electrons. The molecule has 0 aromatic heterocycles. The summed E-state index contributed by atoms with van der Waals surface area (Å²) in [5.74, 6) is 0.105. The smallest absolute Gasteiger partial charge is 0.123 e. The van der Waals surface area contributed by atoms with Gasteiger partial charge in [-0.1, -0.05) is 25.1 Å². The predicted octanol–water partition coefficient (Wildman–Crippen LogP) is 3.51. The van der Waals surface area contributed by atoms with Crippen molar-refractivity contribution >= 4 is 0 Å². The molecule has 0 amide bonds. The van der Waals surface area contributed by atoms with Crippen LogP contribution >= 0.6 is 0 Å². The number of rotatable bonds is 3. The van der Waals surface area contributed by atoms with E-state index < -0.39 is 0 Å².